The number of piperazine rings is 1. The first-order valence-corrected chi connectivity index (χ1v) is 10.7. The maximum absolute atomic E-state index is 14.5. The van der Waals surface area contributed by atoms with Gasteiger partial charge in [0.25, 0.3) is 5.91 Å². The number of carbonyl (C=O) groups excluding carboxylic acids is 1. The predicted octanol–water partition coefficient (Wildman–Crippen LogP) is 2.21. The first-order chi connectivity index (χ1) is 16.9. The van der Waals surface area contributed by atoms with Gasteiger partial charge in [0.15, 0.2) is 34.6 Å². The fraction of sp³-hybridized carbons (Fsp3) is 0.364. The summed E-state index contributed by atoms with van der Waals surface area (Å²) in [5.41, 5.74) is -0.0619. The van der Waals surface area contributed by atoms with Crippen molar-refractivity contribution in [1.82, 2.24) is 30.0 Å². The number of nitrogens with one attached hydrogen (secondary N) is 2. The van der Waals surface area contributed by atoms with E-state index in [4.69, 9.17) is 14.2 Å². The number of likely N-dealkylation sites (N-methyl/N-ethyl adjacent to an activating group) is 1. The standard InChI is InChI=1S/C22H25F2N7O4/c1-30-4-6-31(7-5-30)21(32)15-8-18(29-28-15)27-22-25-10-13(11-26-22)35-12-14-19(23)16(33-2)9-17(34-3)20(14)24/h8-11H,4-7,12H2,1-3H3,(H2,25,26,27,28,29). The molecule has 0 saturated carbocycles. The van der Waals surface area contributed by atoms with Crippen LogP contribution in [0.5, 0.6) is 17.2 Å². The van der Waals surface area contributed by atoms with Crippen molar-refractivity contribution in [1.29, 1.82) is 0 Å². The summed E-state index contributed by atoms with van der Waals surface area (Å²) in [7, 11) is 4.55. The quantitative estimate of drug-likeness (QED) is 0.491. The van der Waals surface area contributed by atoms with Crippen LogP contribution in [0.2, 0.25) is 0 Å². The Morgan fingerprint density at radius 1 is 1.06 bits per heavy atom. The van der Waals surface area contributed by atoms with Gasteiger partial charge in [0.1, 0.15) is 12.4 Å². The topological polar surface area (TPSA) is 118 Å². The molecule has 0 aliphatic carbocycles. The maximum atomic E-state index is 14.5. The summed E-state index contributed by atoms with van der Waals surface area (Å²) >= 11 is 0. The molecule has 1 aliphatic heterocycles. The van der Waals surface area contributed by atoms with Crippen LogP contribution in [0.25, 0.3) is 0 Å². The molecule has 0 radical (unpaired) electrons. The molecule has 3 aromatic rings. The second kappa shape index (κ2) is 10.5. The van der Waals surface area contributed by atoms with Gasteiger partial charge >= 0.3 is 0 Å². The number of aromatic amines is 1. The smallest absolute Gasteiger partial charge is 0.274 e. The molecule has 2 aromatic heterocycles. The van der Waals surface area contributed by atoms with E-state index in [1.165, 1.54) is 26.6 Å². The van der Waals surface area contributed by atoms with Crippen LogP contribution in [-0.4, -0.2) is 83.3 Å². The van der Waals surface area contributed by atoms with Crippen LogP contribution in [0.1, 0.15) is 16.1 Å². The Balaban J connectivity index is 1.37. The first kappa shape index (κ1) is 24.1. The van der Waals surface area contributed by atoms with Gasteiger partial charge in [-0.25, -0.2) is 18.7 Å². The Kier molecular flexibility index (Phi) is 7.25. The lowest BCUT2D eigenvalue weighted by Gasteiger charge is -2.31. The van der Waals surface area contributed by atoms with E-state index in [2.05, 4.69) is 30.4 Å². The number of H-pyrrole nitrogens is 1. The second-order valence-electron chi connectivity index (χ2n) is 7.81. The van der Waals surface area contributed by atoms with Crippen LogP contribution < -0.4 is 19.5 Å². The van der Waals surface area contributed by atoms with E-state index in [-0.39, 0.29) is 40.4 Å². The van der Waals surface area contributed by atoms with Crippen molar-refractivity contribution in [2.24, 2.45) is 0 Å². The van der Waals surface area contributed by atoms with Gasteiger partial charge in [-0.1, -0.05) is 0 Å². The van der Waals surface area contributed by atoms with Crippen LogP contribution in [0, 0.1) is 11.6 Å². The summed E-state index contributed by atoms with van der Waals surface area (Å²) < 4.78 is 44.2. The lowest BCUT2D eigenvalue weighted by atomic mass is 10.1. The fourth-order valence-electron chi connectivity index (χ4n) is 3.46. The molecule has 1 amide bonds. The van der Waals surface area contributed by atoms with E-state index in [0.29, 0.717) is 18.9 Å². The van der Waals surface area contributed by atoms with Gasteiger partial charge in [-0.05, 0) is 7.05 Å². The summed E-state index contributed by atoms with van der Waals surface area (Å²) in [4.78, 5) is 24.8. The summed E-state index contributed by atoms with van der Waals surface area (Å²) in [6.07, 6.45) is 2.68. The van der Waals surface area contributed by atoms with E-state index in [9.17, 15) is 13.6 Å². The lowest BCUT2D eigenvalue weighted by molar-refractivity contribution is 0.0658. The zero-order valence-electron chi connectivity index (χ0n) is 19.5. The minimum absolute atomic E-state index is 0.152. The van der Waals surface area contributed by atoms with Crippen molar-refractivity contribution in [3.63, 3.8) is 0 Å². The van der Waals surface area contributed by atoms with Crippen molar-refractivity contribution in [3.05, 3.63) is 47.4 Å². The predicted molar refractivity (Wildman–Crippen MR) is 121 cm³/mol. The third-order valence-corrected chi connectivity index (χ3v) is 5.51. The van der Waals surface area contributed by atoms with E-state index in [1.54, 1.807) is 11.0 Å². The Labute approximate surface area is 200 Å². The molecule has 0 spiro atoms. The Hall–Kier alpha value is -4.00. The van der Waals surface area contributed by atoms with Crippen LogP contribution in [0.4, 0.5) is 20.5 Å². The van der Waals surface area contributed by atoms with Crippen LogP contribution in [0.15, 0.2) is 24.5 Å². The molecule has 1 aromatic carbocycles. The van der Waals surface area contributed by atoms with Gasteiger partial charge in [0.05, 0.1) is 32.2 Å². The van der Waals surface area contributed by atoms with E-state index in [1.807, 2.05) is 7.05 Å². The number of hydrogen-bond donors (Lipinski definition) is 2. The highest BCUT2D eigenvalue weighted by molar-refractivity contribution is 5.93. The highest BCUT2D eigenvalue weighted by Crippen LogP contribution is 2.32. The Morgan fingerprint density at radius 2 is 1.69 bits per heavy atom. The number of ether oxygens (including phenoxy) is 3. The van der Waals surface area contributed by atoms with Crippen molar-refractivity contribution in [3.8, 4) is 17.2 Å². The number of anilines is 2. The number of halogens is 2. The van der Waals surface area contributed by atoms with Gasteiger partial charge in [-0.3, -0.25) is 9.89 Å². The maximum Gasteiger partial charge on any atom is 0.274 e. The molecule has 3 heterocycles. The van der Waals surface area contributed by atoms with E-state index in [0.717, 1.165) is 19.2 Å². The third-order valence-electron chi connectivity index (χ3n) is 5.51. The molecule has 35 heavy (non-hydrogen) atoms. The number of aromatic nitrogens is 4. The number of carbonyl (C=O) groups is 1. The zero-order chi connectivity index (χ0) is 24.9. The van der Waals surface area contributed by atoms with Crippen LogP contribution >= 0.6 is 0 Å². The van der Waals surface area contributed by atoms with Gasteiger partial charge < -0.3 is 29.3 Å². The summed E-state index contributed by atoms with van der Waals surface area (Å²) in [6, 6.07) is 2.70. The van der Waals surface area contributed by atoms with Gasteiger partial charge in [-0.15, -0.1) is 0 Å². The number of rotatable bonds is 8. The van der Waals surface area contributed by atoms with Crippen molar-refractivity contribution < 1.29 is 27.8 Å². The fourth-order valence-corrected chi connectivity index (χ4v) is 3.46. The van der Waals surface area contributed by atoms with Crippen molar-refractivity contribution in [2.75, 3.05) is 52.8 Å². The molecular formula is C22H25F2N7O4. The SMILES string of the molecule is COc1cc(OC)c(F)c(COc2cnc(Nc3cc(C(=O)N4CCN(C)CC4)n[nH]3)nc2)c1F. The normalized spacial score (nSPS) is 14.0. The molecule has 11 nitrogen and oxygen atoms in total. The number of methoxy groups -OCH3 is 2. The van der Waals surface area contributed by atoms with E-state index < -0.39 is 18.2 Å². The van der Waals surface area contributed by atoms with Crippen LogP contribution in [0.3, 0.4) is 0 Å². The van der Waals surface area contributed by atoms with Gasteiger partial charge in [0.2, 0.25) is 5.95 Å². The molecule has 186 valence electrons. The number of benzene rings is 1. The van der Waals surface area contributed by atoms with E-state index >= 15 is 0 Å². The molecule has 13 heteroatoms. The highest BCUT2D eigenvalue weighted by atomic mass is 19.1. The van der Waals surface area contributed by atoms with Crippen molar-refractivity contribution in [2.45, 2.75) is 6.61 Å². The minimum atomic E-state index is -0.883. The number of hydrogen-bond acceptors (Lipinski definition) is 9. The summed E-state index contributed by atoms with van der Waals surface area (Å²) in [5.74, 6) is -1.42. The second-order valence-corrected chi connectivity index (χ2v) is 7.81. The largest absolute Gasteiger partial charge is 0.494 e. The molecule has 0 atom stereocenters. The average molecular weight is 489 g/mol. The molecule has 2 N–H and O–H groups in total. The van der Waals surface area contributed by atoms with Gasteiger partial charge in [0, 0.05) is 38.3 Å². The molecular weight excluding hydrogens is 464 g/mol. The number of amides is 1. The third kappa shape index (κ3) is 5.40. The lowest BCUT2D eigenvalue weighted by Crippen LogP contribution is -2.47. The van der Waals surface area contributed by atoms with Crippen molar-refractivity contribution >= 4 is 17.7 Å². The molecule has 0 bridgehead atoms. The zero-order valence-corrected chi connectivity index (χ0v) is 19.5. The average Bonchev–Trinajstić information content (AvgIpc) is 3.33. The summed E-state index contributed by atoms with van der Waals surface area (Å²) in [6.45, 7) is 2.49. The molecule has 1 saturated heterocycles. The monoisotopic (exact) mass is 489 g/mol. The van der Waals surface area contributed by atoms with Crippen LogP contribution in [-0.2, 0) is 6.61 Å². The number of nitrogens with zero attached hydrogens (tertiary/aromatic N) is 5. The molecule has 0 unspecified atom stereocenters. The molecule has 1 aliphatic rings. The Bertz CT molecular complexity index is 1150. The van der Waals surface area contributed by atoms with Gasteiger partial charge in [-0.2, -0.15) is 5.10 Å². The first-order valence-electron chi connectivity index (χ1n) is 10.7. The Morgan fingerprint density at radius 3 is 2.29 bits per heavy atom. The molecule has 4 rings (SSSR count). The molecule has 1 fully saturated rings. The minimum Gasteiger partial charge on any atom is -0.494 e. The summed E-state index contributed by atoms with van der Waals surface area (Å²) in [5, 5.41) is 9.72. The highest BCUT2D eigenvalue weighted by Gasteiger charge is 2.23.